The van der Waals surface area contributed by atoms with Gasteiger partial charge >= 0.3 is 0 Å². The van der Waals surface area contributed by atoms with Gasteiger partial charge in [-0.05, 0) is 12.8 Å². The van der Waals surface area contributed by atoms with E-state index in [2.05, 4.69) is 15.5 Å². The van der Waals surface area contributed by atoms with Gasteiger partial charge in [0, 0.05) is 14.1 Å². The van der Waals surface area contributed by atoms with Crippen LogP contribution in [0.3, 0.4) is 0 Å². The number of nitrogens with zero attached hydrogens (tertiary/aromatic N) is 3. The zero-order chi connectivity index (χ0) is 10.9. The average molecular weight is 209 g/mol. The predicted octanol–water partition coefficient (Wildman–Crippen LogP) is 0.975. The molecule has 0 bridgehead atoms. The molecular weight excluding hydrogens is 190 g/mol. The normalized spacial score (nSPS) is 20.2. The summed E-state index contributed by atoms with van der Waals surface area (Å²) in [6.07, 6.45) is 5.71. The van der Waals surface area contributed by atoms with Crippen LogP contribution in [0.5, 0.6) is 0 Å². The van der Waals surface area contributed by atoms with Gasteiger partial charge in [0.2, 0.25) is 5.95 Å². The van der Waals surface area contributed by atoms with E-state index in [0.29, 0.717) is 0 Å². The largest absolute Gasteiger partial charge is 0.357 e. The van der Waals surface area contributed by atoms with Crippen molar-refractivity contribution in [1.82, 2.24) is 14.8 Å². The van der Waals surface area contributed by atoms with Gasteiger partial charge in [0.1, 0.15) is 0 Å². The molecule has 5 heteroatoms. The Kier molecular flexibility index (Phi) is 2.65. The van der Waals surface area contributed by atoms with Gasteiger partial charge in [-0.3, -0.25) is 4.57 Å². The van der Waals surface area contributed by atoms with Gasteiger partial charge in [0.25, 0.3) is 0 Å². The molecule has 1 fully saturated rings. The zero-order valence-electron chi connectivity index (χ0n) is 9.45. The minimum Gasteiger partial charge on any atom is -0.357 e. The minimum absolute atomic E-state index is 0.269. The highest BCUT2D eigenvalue weighted by atomic mass is 15.3. The first-order chi connectivity index (χ1) is 7.17. The molecule has 2 rings (SSSR count). The quantitative estimate of drug-likeness (QED) is 0.761. The third kappa shape index (κ3) is 1.71. The van der Waals surface area contributed by atoms with Crippen LogP contribution < -0.4 is 11.1 Å². The Labute approximate surface area is 90.1 Å². The number of rotatable bonds is 2. The summed E-state index contributed by atoms with van der Waals surface area (Å²) in [7, 11) is 3.81. The topological polar surface area (TPSA) is 68.8 Å². The molecule has 0 aliphatic heterocycles. The van der Waals surface area contributed by atoms with E-state index in [0.717, 1.165) is 24.6 Å². The lowest BCUT2D eigenvalue weighted by Gasteiger charge is -2.32. The Bertz CT molecular complexity index is 338. The third-order valence-corrected chi connectivity index (χ3v) is 3.29. The van der Waals surface area contributed by atoms with Gasteiger partial charge < -0.3 is 11.1 Å². The molecule has 0 amide bonds. The van der Waals surface area contributed by atoms with Gasteiger partial charge in [-0.25, -0.2) is 0 Å². The monoisotopic (exact) mass is 209 g/mol. The van der Waals surface area contributed by atoms with Gasteiger partial charge in [0.15, 0.2) is 5.82 Å². The summed E-state index contributed by atoms with van der Waals surface area (Å²) in [6.45, 7) is 0. The number of nitrogens with two attached hydrogens (primary N) is 1. The first-order valence-electron chi connectivity index (χ1n) is 5.54. The van der Waals surface area contributed by atoms with Gasteiger partial charge in [0.05, 0.1) is 5.54 Å². The fraction of sp³-hybridized carbons (Fsp3) is 0.800. The molecule has 1 aromatic rings. The first-order valence-corrected chi connectivity index (χ1v) is 5.54. The van der Waals surface area contributed by atoms with Crippen molar-refractivity contribution in [1.29, 1.82) is 0 Å². The van der Waals surface area contributed by atoms with Gasteiger partial charge in [-0.1, -0.05) is 19.3 Å². The summed E-state index contributed by atoms with van der Waals surface area (Å²) < 4.78 is 1.96. The first kappa shape index (κ1) is 10.4. The lowest BCUT2D eigenvalue weighted by molar-refractivity contribution is 0.280. The highest BCUT2D eigenvalue weighted by Gasteiger charge is 2.34. The highest BCUT2D eigenvalue weighted by Crippen LogP contribution is 2.33. The van der Waals surface area contributed by atoms with Crippen molar-refractivity contribution in [3.05, 3.63) is 5.82 Å². The summed E-state index contributed by atoms with van der Waals surface area (Å²) >= 11 is 0. The SMILES string of the molecule is CNc1nnc(C2(N)CCCCC2)n1C. The maximum absolute atomic E-state index is 6.40. The number of hydrogen-bond acceptors (Lipinski definition) is 4. The van der Waals surface area contributed by atoms with E-state index < -0.39 is 0 Å². The Hall–Kier alpha value is -1.10. The molecular formula is C10H19N5. The Morgan fingerprint density at radius 1 is 1.27 bits per heavy atom. The molecule has 84 valence electrons. The van der Waals surface area contributed by atoms with Crippen molar-refractivity contribution in [3.63, 3.8) is 0 Å². The van der Waals surface area contributed by atoms with Crippen molar-refractivity contribution in [2.75, 3.05) is 12.4 Å². The van der Waals surface area contributed by atoms with E-state index in [9.17, 15) is 0 Å². The standard InChI is InChI=1S/C10H19N5/c1-12-9-14-13-8(15(9)2)10(11)6-4-3-5-7-10/h3-7,11H2,1-2H3,(H,12,14). The zero-order valence-corrected chi connectivity index (χ0v) is 9.45. The fourth-order valence-electron chi connectivity index (χ4n) is 2.39. The highest BCUT2D eigenvalue weighted by molar-refractivity contribution is 5.26. The van der Waals surface area contributed by atoms with Crippen LogP contribution in [-0.4, -0.2) is 21.8 Å². The van der Waals surface area contributed by atoms with E-state index in [-0.39, 0.29) is 5.54 Å². The number of anilines is 1. The molecule has 0 spiro atoms. The molecule has 0 atom stereocenters. The summed E-state index contributed by atoms with van der Waals surface area (Å²) in [6, 6.07) is 0. The molecule has 0 unspecified atom stereocenters. The summed E-state index contributed by atoms with van der Waals surface area (Å²) in [5.74, 6) is 1.69. The van der Waals surface area contributed by atoms with Crippen molar-refractivity contribution in [2.24, 2.45) is 12.8 Å². The van der Waals surface area contributed by atoms with E-state index >= 15 is 0 Å². The predicted molar refractivity (Wildman–Crippen MR) is 59.5 cm³/mol. The van der Waals surface area contributed by atoms with E-state index in [1.807, 2.05) is 18.7 Å². The Morgan fingerprint density at radius 3 is 2.47 bits per heavy atom. The van der Waals surface area contributed by atoms with E-state index in [1.165, 1.54) is 19.3 Å². The van der Waals surface area contributed by atoms with Crippen LogP contribution in [0.2, 0.25) is 0 Å². The molecule has 0 aromatic carbocycles. The van der Waals surface area contributed by atoms with Crippen LogP contribution in [0.25, 0.3) is 0 Å². The van der Waals surface area contributed by atoms with Crippen molar-refractivity contribution in [3.8, 4) is 0 Å². The second kappa shape index (κ2) is 3.81. The van der Waals surface area contributed by atoms with Crippen LogP contribution in [-0.2, 0) is 12.6 Å². The average Bonchev–Trinajstić information content (AvgIpc) is 2.61. The lowest BCUT2D eigenvalue weighted by atomic mass is 9.82. The molecule has 5 nitrogen and oxygen atoms in total. The molecule has 0 radical (unpaired) electrons. The minimum atomic E-state index is -0.269. The van der Waals surface area contributed by atoms with Crippen molar-refractivity contribution >= 4 is 5.95 Å². The summed E-state index contributed by atoms with van der Waals surface area (Å²) in [5.41, 5.74) is 6.13. The number of nitrogens with one attached hydrogen (secondary N) is 1. The maximum atomic E-state index is 6.40. The Morgan fingerprint density at radius 2 is 1.93 bits per heavy atom. The molecule has 0 saturated heterocycles. The summed E-state index contributed by atoms with van der Waals surface area (Å²) in [4.78, 5) is 0. The van der Waals surface area contributed by atoms with Gasteiger partial charge in [-0.2, -0.15) is 0 Å². The molecule has 3 N–H and O–H groups in total. The molecule has 1 heterocycles. The summed E-state index contributed by atoms with van der Waals surface area (Å²) in [5, 5.41) is 11.3. The maximum Gasteiger partial charge on any atom is 0.224 e. The van der Waals surface area contributed by atoms with Crippen LogP contribution in [0.4, 0.5) is 5.95 Å². The van der Waals surface area contributed by atoms with Crippen molar-refractivity contribution in [2.45, 2.75) is 37.6 Å². The smallest absolute Gasteiger partial charge is 0.224 e. The molecule has 1 aliphatic rings. The molecule has 1 aliphatic carbocycles. The molecule has 1 saturated carbocycles. The lowest BCUT2D eigenvalue weighted by Crippen LogP contribution is -2.41. The van der Waals surface area contributed by atoms with E-state index in [1.54, 1.807) is 0 Å². The van der Waals surface area contributed by atoms with Crippen LogP contribution in [0, 0.1) is 0 Å². The Balaban J connectivity index is 2.30. The van der Waals surface area contributed by atoms with E-state index in [4.69, 9.17) is 5.73 Å². The van der Waals surface area contributed by atoms with Crippen LogP contribution >= 0.6 is 0 Å². The number of aromatic nitrogens is 3. The molecule has 15 heavy (non-hydrogen) atoms. The fourth-order valence-corrected chi connectivity index (χ4v) is 2.39. The van der Waals surface area contributed by atoms with Crippen LogP contribution in [0.15, 0.2) is 0 Å². The van der Waals surface area contributed by atoms with Crippen LogP contribution in [0.1, 0.15) is 37.9 Å². The second-order valence-electron chi connectivity index (χ2n) is 4.37. The third-order valence-electron chi connectivity index (χ3n) is 3.29. The van der Waals surface area contributed by atoms with Crippen molar-refractivity contribution < 1.29 is 0 Å². The van der Waals surface area contributed by atoms with Gasteiger partial charge in [-0.15, -0.1) is 10.2 Å². The number of hydrogen-bond donors (Lipinski definition) is 2. The molecule has 1 aromatic heterocycles. The second-order valence-corrected chi connectivity index (χ2v) is 4.37.